The molecule has 110 valence electrons. The van der Waals surface area contributed by atoms with E-state index in [1.165, 1.54) is 0 Å². The molecule has 0 saturated heterocycles. The lowest BCUT2D eigenvalue weighted by Crippen LogP contribution is -2.38. The molecule has 3 unspecified atom stereocenters. The first-order valence-electron chi connectivity index (χ1n) is 7.28. The van der Waals surface area contributed by atoms with Crippen molar-refractivity contribution >= 4 is 5.91 Å². The normalized spacial score (nSPS) is 23.5. The van der Waals surface area contributed by atoms with Crippen molar-refractivity contribution in [3.63, 3.8) is 0 Å². The summed E-state index contributed by atoms with van der Waals surface area (Å²) in [5.41, 5.74) is 1.05. The largest absolute Gasteiger partial charge is 0.393 e. The molecule has 1 saturated carbocycles. The highest BCUT2D eigenvalue weighted by atomic mass is 16.5. The Labute approximate surface area is 120 Å². The van der Waals surface area contributed by atoms with Gasteiger partial charge >= 0.3 is 0 Å². The van der Waals surface area contributed by atoms with Crippen molar-refractivity contribution in [2.45, 2.75) is 45.0 Å². The smallest absolute Gasteiger partial charge is 0.248 e. The zero-order valence-corrected chi connectivity index (χ0v) is 11.9. The van der Waals surface area contributed by atoms with E-state index in [1.807, 2.05) is 30.3 Å². The summed E-state index contributed by atoms with van der Waals surface area (Å²) in [4.78, 5) is 11.9. The minimum Gasteiger partial charge on any atom is -0.393 e. The highest BCUT2D eigenvalue weighted by Crippen LogP contribution is 2.24. The third kappa shape index (κ3) is 4.32. The number of benzene rings is 1. The van der Waals surface area contributed by atoms with E-state index in [4.69, 9.17) is 4.74 Å². The molecule has 3 atom stereocenters. The quantitative estimate of drug-likeness (QED) is 0.834. The minimum atomic E-state index is -0.478. The first kappa shape index (κ1) is 15.0. The second kappa shape index (κ2) is 7.41. The van der Waals surface area contributed by atoms with Crippen molar-refractivity contribution in [3.05, 3.63) is 35.9 Å². The van der Waals surface area contributed by atoms with Gasteiger partial charge in [0.25, 0.3) is 0 Å². The number of ether oxygens (including phenoxy) is 1. The van der Waals surface area contributed by atoms with Crippen molar-refractivity contribution in [3.8, 4) is 0 Å². The Kier molecular flexibility index (Phi) is 5.56. The molecule has 1 fully saturated rings. The van der Waals surface area contributed by atoms with Gasteiger partial charge < -0.3 is 15.2 Å². The summed E-state index contributed by atoms with van der Waals surface area (Å²) in [6.07, 6.45) is 2.13. The number of nitrogens with one attached hydrogen (secondary N) is 1. The fraction of sp³-hybridized carbons (Fsp3) is 0.562. The molecule has 1 aliphatic rings. The van der Waals surface area contributed by atoms with Crippen LogP contribution in [0.3, 0.4) is 0 Å². The van der Waals surface area contributed by atoms with Crippen LogP contribution in [0.2, 0.25) is 0 Å². The lowest BCUT2D eigenvalue weighted by Gasteiger charge is -2.18. The van der Waals surface area contributed by atoms with Gasteiger partial charge in [0, 0.05) is 12.5 Å². The van der Waals surface area contributed by atoms with Gasteiger partial charge in [-0.15, -0.1) is 0 Å². The predicted molar refractivity (Wildman–Crippen MR) is 77.1 cm³/mol. The van der Waals surface area contributed by atoms with Crippen LogP contribution in [-0.2, 0) is 16.1 Å². The topological polar surface area (TPSA) is 58.6 Å². The Hall–Kier alpha value is -1.39. The average Bonchev–Trinajstić information content (AvgIpc) is 2.88. The van der Waals surface area contributed by atoms with Crippen LogP contribution in [-0.4, -0.2) is 29.8 Å². The van der Waals surface area contributed by atoms with Gasteiger partial charge in [-0.2, -0.15) is 0 Å². The summed E-state index contributed by atoms with van der Waals surface area (Å²) in [7, 11) is 0. The number of carbonyl (C=O) groups is 1. The van der Waals surface area contributed by atoms with E-state index in [9.17, 15) is 9.90 Å². The summed E-state index contributed by atoms with van der Waals surface area (Å²) in [6, 6.07) is 9.79. The van der Waals surface area contributed by atoms with Crippen molar-refractivity contribution in [2.24, 2.45) is 5.92 Å². The standard InChI is InChI=1S/C16H23NO3/c1-12(20-11-13-6-3-2-4-7-13)16(19)17-10-14-8-5-9-15(14)18/h2-4,6-7,12,14-15,18H,5,8-11H2,1H3,(H,17,19). The van der Waals surface area contributed by atoms with Gasteiger partial charge in [0.05, 0.1) is 12.7 Å². The van der Waals surface area contributed by atoms with Crippen LogP contribution in [0.4, 0.5) is 0 Å². The highest BCUT2D eigenvalue weighted by molar-refractivity contribution is 5.80. The number of carbonyl (C=O) groups excluding carboxylic acids is 1. The maximum atomic E-state index is 11.9. The Morgan fingerprint density at radius 2 is 2.15 bits per heavy atom. The first-order valence-corrected chi connectivity index (χ1v) is 7.28. The van der Waals surface area contributed by atoms with Crippen LogP contribution >= 0.6 is 0 Å². The van der Waals surface area contributed by atoms with Crippen LogP contribution in [0.1, 0.15) is 31.7 Å². The molecule has 4 nitrogen and oxygen atoms in total. The average molecular weight is 277 g/mol. The summed E-state index contributed by atoms with van der Waals surface area (Å²) in [6.45, 7) is 2.73. The first-order chi connectivity index (χ1) is 9.66. The van der Waals surface area contributed by atoms with Crippen LogP contribution in [0.25, 0.3) is 0 Å². The van der Waals surface area contributed by atoms with E-state index in [2.05, 4.69) is 5.32 Å². The van der Waals surface area contributed by atoms with E-state index in [-0.39, 0.29) is 17.9 Å². The number of hydrogen-bond acceptors (Lipinski definition) is 3. The van der Waals surface area contributed by atoms with E-state index in [1.54, 1.807) is 6.92 Å². The second-order valence-corrected chi connectivity index (χ2v) is 5.44. The number of amides is 1. The Morgan fingerprint density at radius 3 is 2.80 bits per heavy atom. The van der Waals surface area contributed by atoms with Crippen LogP contribution in [0.15, 0.2) is 30.3 Å². The molecule has 0 spiro atoms. The molecule has 2 rings (SSSR count). The van der Waals surface area contributed by atoms with Crippen molar-refractivity contribution in [1.29, 1.82) is 0 Å². The number of rotatable bonds is 6. The Bertz CT molecular complexity index is 421. The molecule has 20 heavy (non-hydrogen) atoms. The van der Waals surface area contributed by atoms with E-state index >= 15 is 0 Å². The molecule has 1 amide bonds. The Morgan fingerprint density at radius 1 is 1.40 bits per heavy atom. The molecule has 0 bridgehead atoms. The van der Waals surface area contributed by atoms with Crippen molar-refractivity contribution < 1.29 is 14.6 Å². The summed E-state index contributed by atoms with van der Waals surface area (Å²) in [5, 5.41) is 12.6. The maximum Gasteiger partial charge on any atom is 0.248 e. The summed E-state index contributed by atoms with van der Waals surface area (Å²) in [5.74, 6) is 0.0836. The molecule has 0 aliphatic heterocycles. The van der Waals surface area contributed by atoms with Gasteiger partial charge in [0.1, 0.15) is 6.10 Å². The lowest BCUT2D eigenvalue weighted by molar-refractivity contribution is -0.132. The number of aliphatic hydroxyl groups is 1. The van der Waals surface area contributed by atoms with Gasteiger partial charge in [-0.25, -0.2) is 0 Å². The number of hydrogen-bond donors (Lipinski definition) is 2. The maximum absolute atomic E-state index is 11.9. The number of aliphatic hydroxyl groups excluding tert-OH is 1. The highest BCUT2D eigenvalue weighted by Gasteiger charge is 2.26. The van der Waals surface area contributed by atoms with E-state index < -0.39 is 6.10 Å². The molecule has 0 radical (unpaired) electrons. The molecule has 0 heterocycles. The lowest BCUT2D eigenvalue weighted by atomic mass is 10.1. The minimum absolute atomic E-state index is 0.111. The molecule has 2 N–H and O–H groups in total. The van der Waals surface area contributed by atoms with Crippen molar-refractivity contribution in [2.75, 3.05) is 6.54 Å². The molecule has 0 aromatic heterocycles. The zero-order valence-electron chi connectivity index (χ0n) is 11.9. The monoisotopic (exact) mass is 277 g/mol. The van der Waals surface area contributed by atoms with Crippen molar-refractivity contribution in [1.82, 2.24) is 5.32 Å². The van der Waals surface area contributed by atoms with Crippen LogP contribution in [0, 0.1) is 5.92 Å². The summed E-state index contributed by atoms with van der Waals surface area (Å²) < 4.78 is 5.56. The fourth-order valence-corrected chi connectivity index (χ4v) is 2.50. The molecule has 1 aliphatic carbocycles. The van der Waals surface area contributed by atoms with Gasteiger partial charge in [0.15, 0.2) is 0 Å². The molecular weight excluding hydrogens is 254 g/mol. The van der Waals surface area contributed by atoms with Gasteiger partial charge in [0.2, 0.25) is 5.91 Å². The molecular formula is C16H23NO3. The van der Waals surface area contributed by atoms with Crippen LogP contribution < -0.4 is 5.32 Å². The van der Waals surface area contributed by atoms with Gasteiger partial charge in [-0.1, -0.05) is 36.8 Å². The Balaban J connectivity index is 1.69. The summed E-state index contributed by atoms with van der Waals surface area (Å²) >= 11 is 0. The van der Waals surface area contributed by atoms with E-state index in [0.717, 1.165) is 24.8 Å². The third-order valence-corrected chi connectivity index (χ3v) is 3.87. The third-order valence-electron chi connectivity index (χ3n) is 3.87. The molecule has 1 aromatic rings. The van der Waals surface area contributed by atoms with Gasteiger partial charge in [-0.3, -0.25) is 4.79 Å². The van der Waals surface area contributed by atoms with Gasteiger partial charge in [-0.05, 0) is 25.3 Å². The molecule has 1 aromatic carbocycles. The zero-order chi connectivity index (χ0) is 14.4. The fourth-order valence-electron chi connectivity index (χ4n) is 2.50. The van der Waals surface area contributed by atoms with Crippen LogP contribution in [0.5, 0.6) is 0 Å². The predicted octanol–water partition coefficient (Wildman–Crippen LogP) is 1.87. The second-order valence-electron chi connectivity index (χ2n) is 5.44. The SMILES string of the molecule is CC(OCc1ccccc1)C(=O)NCC1CCCC1O. The van der Waals surface area contributed by atoms with E-state index in [0.29, 0.717) is 13.2 Å². The molecule has 4 heteroatoms.